The summed E-state index contributed by atoms with van der Waals surface area (Å²) in [5, 5.41) is 3.01. The lowest BCUT2D eigenvalue weighted by molar-refractivity contribution is -0.137. The smallest absolute Gasteiger partial charge is 0.363 e. The Morgan fingerprint density at radius 1 is 1.28 bits per heavy atom. The van der Waals surface area contributed by atoms with Gasteiger partial charge in [0.1, 0.15) is 5.82 Å². The van der Waals surface area contributed by atoms with Gasteiger partial charge in [0.2, 0.25) is 0 Å². The monoisotopic (exact) mass is 280 g/mol. The number of alkyl halides is 4. The molecule has 0 saturated carbocycles. The summed E-state index contributed by atoms with van der Waals surface area (Å²) in [6, 6.07) is 1.96. The summed E-state index contributed by atoms with van der Waals surface area (Å²) < 4.78 is 37.7. The third-order valence-corrected chi connectivity index (χ3v) is 3.60. The fourth-order valence-electron chi connectivity index (χ4n) is 1.60. The Balaban J connectivity index is 2.98. The number of hydrogen-bond acceptors (Lipinski definition) is 2. The highest BCUT2D eigenvalue weighted by molar-refractivity contribution is 6.18. The van der Waals surface area contributed by atoms with E-state index in [-0.39, 0.29) is 5.82 Å². The van der Waals surface area contributed by atoms with Gasteiger partial charge >= 0.3 is 6.18 Å². The predicted molar refractivity (Wildman–Crippen MR) is 66.9 cm³/mol. The highest BCUT2D eigenvalue weighted by Crippen LogP contribution is 2.31. The van der Waals surface area contributed by atoms with E-state index in [0.717, 1.165) is 18.3 Å². The second kappa shape index (κ2) is 5.78. The zero-order valence-electron chi connectivity index (χ0n) is 10.3. The first-order valence-electron chi connectivity index (χ1n) is 5.74. The fourth-order valence-corrected chi connectivity index (χ4v) is 2.04. The van der Waals surface area contributed by atoms with Gasteiger partial charge in [0, 0.05) is 12.1 Å². The summed E-state index contributed by atoms with van der Waals surface area (Å²) in [7, 11) is 0. The maximum absolute atomic E-state index is 12.6. The molecule has 0 unspecified atom stereocenters. The van der Waals surface area contributed by atoms with Crippen LogP contribution in [-0.4, -0.2) is 16.4 Å². The van der Waals surface area contributed by atoms with Crippen molar-refractivity contribution in [2.45, 2.75) is 38.4 Å². The molecular weight excluding hydrogens is 265 g/mol. The number of halogens is 4. The molecule has 0 amide bonds. The summed E-state index contributed by atoms with van der Waals surface area (Å²) in [5.74, 6) is 0.520. The van der Waals surface area contributed by atoms with Crippen molar-refractivity contribution < 1.29 is 13.2 Å². The molecule has 2 nitrogen and oxygen atoms in total. The topological polar surface area (TPSA) is 24.9 Å². The van der Waals surface area contributed by atoms with Gasteiger partial charge in [-0.05, 0) is 25.0 Å². The van der Waals surface area contributed by atoms with E-state index >= 15 is 0 Å². The van der Waals surface area contributed by atoms with Crippen LogP contribution in [0.5, 0.6) is 0 Å². The minimum Gasteiger partial charge on any atom is -0.363 e. The zero-order chi connectivity index (χ0) is 13.8. The van der Waals surface area contributed by atoms with Crippen LogP contribution < -0.4 is 5.32 Å². The molecule has 0 bridgehead atoms. The van der Waals surface area contributed by atoms with E-state index in [2.05, 4.69) is 10.3 Å². The first-order valence-corrected chi connectivity index (χ1v) is 6.27. The zero-order valence-corrected chi connectivity index (χ0v) is 11.1. The maximum Gasteiger partial charge on any atom is 0.416 e. The molecule has 6 heteroatoms. The van der Waals surface area contributed by atoms with E-state index in [1.54, 1.807) is 0 Å². The van der Waals surface area contributed by atoms with Crippen LogP contribution in [0.4, 0.5) is 19.0 Å². The van der Waals surface area contributed by atoms with Crippen molar-refractivity contribution in [3.8, 4) is 0 Å². The van der Waals surface area contributed by atoms with E-state index in [4.69, 9.17) is 11.6 Å². The number of nitrogens with one attached hydrogen (secondary N) is 1. The van der Waals surface area contributed by atoms with Gasteiger partial charge in [0.25, 0.3) is 0 Å². The summed E-state index contributed by atoms with van der Waals surface area (Å²) in [4.78, 5) is 3.91. The van der Waals surface area contributed by atoms with Crippen LogP contribution >= 0.6 is 11.6 Å². The molecule has 1 aromatic rings. The van der Waals surface area contributed by atoms with Gasteiger partial charge in [0.05, 0.1) is 11.1 Å². The SMILES string of the molecule is CCC(CC)(CCl)Nc1cc(C(F)(F)F)ccn1. The Bertz CT molecular complexity index is 381. The van der Waals surface area contributed by atoms with Gasteiger partial charge < -0.3 is 5.32 Å². The number of rotatable bonds is 5. The third kappa shape index (κ3) is 3.51. The van der Waals surface area contributed by atoms with E-state index in [0.29, 0.717) is 18.7 Å². The Labute approximate surface area is 110 Å². The minimum absolute atomic E-state index is 0.203. The number of hydrogen-bond donors (Lipinski definition) is 1. The quantitative estimate of drug-likeness (QED) is 0.813. The van der Waals surface area contributed by atoms with Crippen molar-refractivity contribution in [1.82, 2.24) is 4.98 Å². The standard InChI is InChI=1S/C12H16ClF3N2/c1-3-11(4-2,8-13)18-10-7-9(5-6-17-10)12(14,15)16/h5-7H,3-4,8H2,1-2H3,(H,17,18). The molecule has 18 heavy (non-hydrogen) atoms. The van der Waals surface area contributed by atoms with Gasteiger partial charge in [-0.15, -0.1) is 11.6 Å². The second-order valence-corrected chi connectivity index (χ2v) is 4.44. The minimum atomic E-state index is -4.36. The Morgan fingerprint density at radius 3 is 2.33 bits per heavy atom. The molecule has 0 fully saturated rings. The van der Waals surface area contributed by atoms with Gasteiger partial charge in [-0.3, -0.25) is 0 Å². The Hall–Kier alpha value is -0.970. The van der Waals surface area contributed by atoms with Crippen molar-refractivity contribution >= 4 is 17.4 Å². The van der Waals surface area contributed by atoms with Crippen LogP contribution in [-0.2, 0) is 6.18 Å². The normalized spacial score (nSPS) is 12.6. The Morgan fingerprint density at radius 2 is 1.89 bits per heavy atom. The molecule has 0 aromatic carbocycles. The summed E-state index contributed by atoms with van der Waals surface area (Å²) in [6.45, 7) is 3.87. The molecule has 0 radical (unpaired) electrons. The van der Waals surface area contributed by atoms with Crippen molar-refractivity contribution in [2.75, 3.05) is 11.2 Å². The molecule has 1 N–H and O–H groups in total. The molecule has 0 aliphatic rings. The van der Waals surface area contributed by atoms with Crippen LogP contribution in [0.25, 0.3) is 0 Å². The summed E-state index contributed by atoms with van der Waals surface area (Å²) in [6.07, 6.45) is -1.78. The summed E-state index contributed by atoms with van der Waals surface area (Å²) in [5.41, 5.74) is -1.13. The van der Waals surface area contributed by atoms with Crippen molar-refractivity contribution in [1.29, 1.82) is 0 Å². The molecule has 0 aliphatic heterocycles. The summed E-state index contributed by atoms with van der Waals surface area (Å²) >= 11 is 5.89. The average Bonchev–Trinajstić information content (AvgIpc) is 2.35. The first kappa shape index (κ1) is 15.1. The van der Waals surface area contributed by atoms with Crippen molar-refractivity contribution in [2.24, 2.45) is 0 Å². The van der Waals surface area contributed by atoms with Gasteiger partial charge in [-0.25, -0.2) is 4.98 Å². The van der Waals surface area contributed by atoms with Crippen molar-refractivity contribution in [3.05, 3.63) is 23.9 Å². The second-order valence-electron chi connectivity index (χ2n) is 4.17. The maximum atomic E-state index is 12.6. The van der Waals surface area contributed by atoms with Crippen LogP contribution in [0.15, 0.2) is 18.3 Å². The lowest BCUT2D eigenvalue weighted by atomic mass is 9.95. The lowest BCUT2D eigenvalue weighted by Gasteiger charge is -2.31. The molecule has 0 saturated heterocycles. The van der Waals surface area contributed by atoms with Gasteiger partial charge in [-0.2, -0.15) is 13.2 Å². The molecule has 1 rings (SSSR count). The molecule has 0 aliphatic carbocycles. The van der Waals surface area contributed by atoms with Crippen LogP contribution in [0.2, 0.25) is 0 Å². The Kier molecular flexibility index (Phi) is 4.85. The highest BCUT2D eigenvalue weighted by atomic mass is 35.5. The number of pyridine rings is 1. The number of anilines is 1. The van der Waals surface area contributed by atoms with Crippen LogP contribution in [0.3, 0.4) is 0 Å². The largest absolute Gasteiger partial charge is 0.416 e. The van der Waals surface area contributed by atoms with E-state index in [1.807, 2.05) is 13.8 Å². The van der Waals surface area contributed by atoms with Crippen molar-refractivity contribution in [3.63, 3.8) is 0 Å². The molecule has 1 aromatic heterocycles. The first-order chi connectivity index (χ1) is 8.37. The third-order valence-electron chi connectivity index (χ3n) is 3.09. The molecular formula is C12H16ClF3N2. The molecule has 1 heterocycles. The number of nitrogens with zero attached hydrogens (tertiary/aromatic N) is 1. The van der Waals surface area contributed by atoms with Crippen LogP contribution in [0, 0.1) is 0 Å². The lowest BCUT2D eigenvalue weighted by Crippen LogP contribution is -2.39. The van der Waals surface area contributed by atoms with Gasteiger partial charge in [0.15, 0.2) is 0 Å². The van der Waals surface area contributed by atoms with E-state index in [9.17, 15) is 13.2 Å². The molecule has 102 valence electrons. The average molecular weight is 281 g/mol. The van der Waals surface area contributed by atoms with E-state index < -0.39 is 17.3 Å². The van der Waals surface area contributed by atoms with Crippen LogP contribution in [0.1, 0.15) is 32.3 Å². The highest BCUT2D eigenvalue weighted by Gasteiger charge is 2.32. The predicted octanol–water partition coefficient (Wildman–Crippen LogP) is 4.31. The fraction of sp³-hybridized carbons (Fsp3) is 0.583. The number of aromatic nitrogens is 1. The molecule has 0 atom stereocenters. The van der Waals surface area contributed by atoms with E-state index in [1.165, 1.54) is 0 Å². The molecule has 0 spiro atoms. The van der Waals surface area contributed by atoms with Gasteiger partial charge in [-0.1, -0.05) is 13.8 Å².